The van der Waals surface area contributed by atoms with Crippen LogP contribution in [0, 0.1) is 0 Å². The topological polar surface area (TPSA) is 12.0 Å². The number of rotatable bonds is 1. The van der Waals surface area contributed by atoms with Crippen LogP contribution in [-0.4, -0.2) is 25.2 Å². The summed E-state index contributed by atoms with van der Waals surface area (Å²) in [6.07, 6.45) is -0.358. The van der Waals surface area contributed by atoms with Crippen molar-refractivity contribution in [2.45, 2.75) is 18.4 Å². The van der Waals surface area contributed by atoms with Gasteiger partial charge in [-0.15, -0.1) is 12.4 Å². The summed E-state index contributed by atoms with van der Waals surface area (Å²) in [5.41, 5.74) is 0. The molecule has 1 aliphatic rings. The molecule has 62 valence electrons. The maximum atomic E-state index is 12.2. The van der Waals surface area contributed by atoms with Gasteiger partial charge in [-0.1, -0.05) is 0 Å². The predicted octanol–water partition coefficient (Wildman–Crippen LogP) is 1.37. The molecule has 0 aromatic rings. The van der Waals surface area contributed by atoms with Crippen LogP contribution in [0.4, 0.5) is 13.2 Å². The van der Waals surface area contributed by atoms with Gasteiger partial charge < -0.3 is 5.32 Å². The molecule has 1 fully saturated rings. The Balaban J connectivity index is 0.000000810. The molecule has 5 heteroatoms. The molecule has 1 aliphatic heterocycles. The van der Waals surface area contributed by atoms with Gasteiger partial charge in [0.1, 0.15) is 6.67 Å². The van der Waals surface area contributed by atoms with Gasteiger partial charge in [0.2, 0.25) is 0 Å². The number of hydrogen-bond donors (Lipinski definition) is 1. The minimum atomic E-state index is -2.68. The summed E-state index contributed by atoms with van der Waals surface area (Å²) in [5, 5.41) is 2.37. The fraction of sp³-hybridized carbons (Fsp3) is 1.00. The van der Waals surface area contributed by atoms with Crippen molar-refractivity contribution in [3.05, 3.63) is 0 Å². The van der Waals surface area contributed by atoms with Crippen molar-refractivity contribution in [1.29, 1.82) is 0 Å². The van der Waals surface area contributed by atoms with Crippen LogP contribution >= 0.6 is 12.4 Å². The number of hydrogen-bond acceptors (Lipinski definition) is 1. The second-order valence-electron chi connectivity index (χ2n) is 2.29. The van der Waals surface area contributed by atoms with Crippen LogP contribution in [0.25, 0.3) is 0 Å². The summed E-state index contributed by atoms with van der Waals surface area (Å²) in [6.45, 7) is -1.07. The first-order chi connectivity index (χ1) is 4.14. The highest BCUT2D eigenvalue weighted by molar-refractivity contribution is 5.85. The van der Waals surface area contributed by atoms with Crippen molar-refractivity contribution in [1.82, 2.24) is 5.32 Å². The second kappa shape index (κ2) is 3.44. The first-order valence-corrected chi connectivity index (χ1v) is 2.81. The monoisotopic (exact) mass is 175 g/mol. The SMILES string of the molecule is Cl.FCC1CC(F)(F)CN1. The van der Waals surface area contributed by atoms with E-state index in [1.165, 1.54) is 0 Å². The van der Waals surface area contributed by atoms with Crippen molar-refractivity contribution in [2.75, 3.05) is 13.2 Å². The van der Waals surface area contributed by atoms with E-state index in [2.05, 4.69) is 5.32 Å². The largest absolute Gasteiger partial charge is 0.306 e. The zero-order valence-corrected chi connectivity index (χ0v) is 6.06. The highest BCUT2D eigenvalue weighted by Crippen LogP contribution is 2.24. The molecule has 1 nitrogen and oxygen atoms in total. The van der Waals surface area contributed by atoms with Gasteiger partial charge in [-0.25, -0.2) is 13.2 Å². The zero-order chi connectivity index (χ0) is 6.91. The molecule has 1 saturated heterocycles. The molecule has 1 N–H and O–H groups in total. The van der Waals surface area contributed by atoms with E-state index in [9.17, 15) is 13.2 Å². The van der Waals surface area contributed by atoms with Crippen molar-refractivity contribution < 1.29 is 13.2 Å². The summed E-state index contributed by atoms with van der Waals surface area (Å²) in [4.78, 5) is 0. The quantitative estimate of drug-likeness (QED) is 0.635. The second-order valence-corrected chi connectivity index (χ2v) is 2.29. The van der Waals surface area contributed by atoms with Gasteiger partial charge in [0.05, 0.1) is 6.54 Å². The molecular formula is C5H9ClF3N. The van der Waals surface area contributed by atoms with E-state index in [0.29, 0.717) is 0 Å². The molecule has 1 unspecified atom stereocenters. The van der Waals surface area contributed by atoms with Crippen LogP contribution in [-0.2, 0) is 0 Å². The van der Waals surface area contributed by atoms with Crippen LogP contribution < -0.4 is 5.32 Å². The van der Waals surface area contributed by atoms with Crippen molar-refractivity contribution in [3.63, 3.8) is 0 Å². The molecule has 0 aromatic carbocycles. The summed E-state index contributed by atoms with van der Waals surface area (Å²) < 4.78 is 36.0. The van der Waals surface area contributed by atoms with E-state index in [-0.39, 0.29) is 25.4 Å². The fourth-order valence-corrected chi connectivity index (χ4v) is 0.908. The van der Waals surface area contributed by atoms with Crippen LogP contribution in [0.15, 0.2) is 0 Å². The van der Waals surface area contributed by atoms with Crippen molar-refractivity contribution in [3.8, 4) is 0 Å². The first-order valence-electron chi connectivity index (χ1n) is 2.81. The summed E-state index contributed by atoms with van der Waals surface area (Å²) >= 11 is 0. The zero-order valence-electron chi connectivity index (χ0n) is 5.24. The maximum Gasteiger partial charge on any atom is 0.261 e. The third kappa shape index (κ3) is 2.34. The molecule has 0 saturated carbocycles. The smallest absolute Gasteiger partial charge is 0.261 e. The summed E-state index contributed by atoms with van der Waals surface area (Å²) in [6, 6.07) is -0.625. The Morgan fingerprint density at radius 2 is 2.10 bits per heavy atom. The minimum absolute atomic E-state index is 0. The molecule has 0 bridgehead atoms. The molecule has 0 amide bonds. The van der Waals surface area contributed by atoms with Gasteiger partial charge in [-0.2, -0.15) is 0 Å². The van der Waals surface area contributed by atoms with Crippen LogP contribution in [0.5, 0.6) is 0 Å². The average Bonchev–Trinajstić information content (AvgIpc) is 2.10. The van der Waals surface area contributed by atoms with Crippen molar-refractivity contribution >= 4 is 12.4 Å². The van der Waals surface area contributed by atoms with Gasteiger partial charge >= 0.3 is 0 Å². The van der Waals surface area contributed by atoms with E-state index >= 15 is 0 Å². The standard InChI is InChI=1S/C5H8F3N.ClH/c6-2-4-1-5(7,8)3-9-4;/h4,9H,1-3H2;1H. The minimum Gasteiger partial charge on any atom is -0.306 e. The molecule has 0 radical (unpaired) electrons. The Bertz CT molecular complexity index is 109. The lowest BCUT2D eigenvalue weighted by atomic mass is 10.2. The van der Waals surface area contributed by atoms with Crippen LogP contribution in [0.2, 0.25) is 0 Å². The highest BCUT2D eigenvalue weighted by atomic mass is 35.5. The van der Waals surface area contributed by atoms with Crippen LogP contribution in [0.1, 0.15) is 6.42 Å². The third-order valence-electron chi connectivity index (χ3n) is 1.38. The third-order valence-corrected chi connectivity index (χ3v) is 1.38. The predicted molar refractivity (Wildman–Crippen MR) is 34.6 cm³/mol. The molecule has 10 heavy (non-hydrogen) atoms. The lowest BCUT2D eigenvalue weighted by molar-refractivity contribution is 0.0204. The normalized spacial score (nSPS) is 29.7. The number of nitrogens with one attached hydrogen (secondary N) is 1. The van der Waals surface area contributed by atoms with Gasteiger partial charge in [0.15, 0.2) is 0 Å². The van der Waals surface area contributed by atoms with Crippen LogP contribution in [0.3, 0.4) is 0 Å². The van der Waals surface area contributed by atoms with Gasteiger partial charge in [0, 0.05) is 12.5 Å². The van der Waals surface area contributed by atoms with E-state index in [0.717, 1.165) is 0 Å². The number of halogens is 4. The van der Waals surface area contributed by atoms with Gasteiger partial charge in [-0.05, 0) is 0 Å². The molecule has 1 heterocycles. The Kier molecular flexibility index (Phi) is 3.45. The Hall–Kier alpha value is 0.0400. The molecule has 0 spiro atoms. The maximum absolute atomic E-state index is 12.2. The summed E-state index contributed by atoms with van der Waals surface area (Å²) in [5.74, 6) is -2.68. The lowest BCUT2D eigenvalue weighted by Crippen LogP contribution is -2.23. The fourth-order valence-electron chi connectivity index (χ4n) is 0.908. The number of alkyl halides is 3. The molecule has 1 atom stereocenters. The highest BCUT2D eigenvalue weighted by Gasteiger charge is 2.38. The van der Waals surface area contributed by atoms with E-state index in [1.807, 2.05) is 0 Å². The van der Waals surface area contributed by atoms with E-state index < -0.39 is 18.6 Å². The Morgan fingerprint density at radius 1 is 1.50 bits per heavy atom. The van der Waals surface area contributed by atoms with Gasteiger partial charge in [0.25, 0.3) is 5.92 Å². The molecule has 0 aromatic heterocycles. The molecule has 1 rings (SSSR count). The average molecular weight is 176 g/mol. The first kappa shape index (κ1) is 10.0. The van der Waals surface area contributed by atoms with Gasteiger partial charge in [-0.3, -0.25) is 0 Å². The van der Waals surface area contributed by atoms with E-state index in [4.69, 9.17) is 0 Å². The molecular weight excluding hydrogens is 167 g/mol. The lowest BCUT2D eigenvalue weighted by Gasteiger charge is -2.04. The van der Waals surface area contributed by atoms with E-state index in [1.54, 1.807) is 0 Å². The Morgan fingerprint density at radius 3 is 2.30 bits per heavy atom. The summed E-state index contributed by atoms with van der Waals surface area (Å²) in [7, 11) is 0. The van der Waals surface area contributed by atoms with Crippen molar-refractivity contribution in [2.24, 2.45) is 0 Å². The molecule has 0 aliphatic carbocycles. The Labute approximate surface area is 63.4 Å².